The topological polar surface area (TPSA) is 53.7 Å². The van der Waals surface area contributed by atoms with Gasteiger partial charge in [-0.1, -0.05) is 30.3 Å². The van der Waals surface area contributed by atoms with Gasteiger partial charge in [0.2, 0.25) is 0 Å². The molecule has 1 saturated heterocycles. The number of benzene rings is 1. The van der Waals surface area contributed by atoms with E-state index in [1.165, 1.54) is 0 Å². The zero-order valence-electron chi connectivity index (χ0n) is 9.17. The van der Waals surface area contributed by atoms with Crippen molar-refractivity contribution in [3.8, 4) is 0 Å². The van der Waals surface area contributed by atoms with Gasteiger partial charge < -0.3 is 14.3 Å². The second-order valence-corrected chi connectivity index (χ2v) is 3.82. The standard InChI is InChI=1S/C12H17NO3/c13-15-9-7-11-6-8-14-12(16-11)10-4-2-1-3-5-10/h1-5,11-12H,6-9,13H2. The average molecular weight is 223 g/mol. The lowest BCUT2D eigenvalue weighted by atomic mass is 10.1. The van der Waals surface area contributed by atoms with E-state index in [0.717, 1.165) is 25.0 Å². The molecule has 0 aliphatic carbocycles. The van der Waals surface area contributed by atoms with Gasteiger partial charge in [-0.25, -0.2) is 5.90 Å². The number of rotatable bonds is 4. The Morgan fingerprint density at radius 3 is 2.88 bits per heavy atom. The van der Waals surface area contributed by atoms with Gasteiger partial charge in [-0.2, -0.15) is 0 Å². The van der Waals surface area contributed by atoms with Crippen molar-refractivity contribution in [1.82, 2.24) is 0 Å². The Balaban J connectivity index is 1.91. The predicted molar refractivity (Wildman–Crippen MR) is 59.4 cm³/mol. The zero-order chi connectivity index (χ0) is 11.2. The van der Waals surface area contributed by atoms with Gasteiger partial charge in [-0.15, -0.1) is 0 Å². The molecule has 1 aliphatic heterocycles. The number of nitrogens with two attached hydrogens (primary N) is 1. The summed E-state index contributed by atoms with van der Waals surface area (Å²) in [6.45, 7) is 1.24. The highest BCUT2D eigenvalue weighted by atomic mass is 16.7. The van der Waals surface area contributed by atoms with Gasteiger partial charge in [0.15, 0.2) is 6.29 Å². The molecule has 2 rings (SSSR count). The molecule has 2 atom stereocenters. The first kappa shape index (κ1) is 11.5. The minimum absolute atomic E-state index is 0.169. The summed E-state index contributed by atoms with van der Waals surface area (Å²) in [5.74, 6) is 5.00. The van der Waals surface area contributed by atoms with Gasteiger partial charge in [0.1, 0.15) is 0 Å². The highest BCUT2D eigenvalue weighted by molar-refractivity contribution is 5.16. The van der Waals surface area contributed by atoms with E-state index in [1.54, 1.807) is 0 Å². The smallest absolute Gasteiger partial charge is 0.184 e. The largest absolute Gasteiger partial charge is 0.348 e. The van der Waals surface area contributed by atoms with Crippen LogP contribution in [0.25, 0.3) is 0 Å². The Hall–Kier alpha value is -0.940. The quantitative estimate of drug-likeness (QED) is 0.790. The van der Waals surface area contributed by atoms with Crippen LogP contribution in [0.1, 0.15) is 24.7 Å². The molecule has 0 radical (unpaired) electrons. The predicted octanol–water partition coefficient (Wildman–Crippen LogP) is 1.77. The Labute approximate surface area is 95.2 Å². The van der Waals surface area contributed by atoms with E-state index in [9.17, 15) is 0 Å². The van der Waals surface area contributed by atoms with Crippen molar-refractivity contribution in [2.24, 2.45) is 5.90 Å². The summed E-state index contributed by atoms with van der Waals surface area (Å²) in [5, 5.41) is 0. The van der Waals surface area contributed by atoms with Gasteiger partial charge in [0.05, 0.1) is 19.3 Å². The summed E-state index contributed by atoms with van der Waals surface area (Å²) in [6, 6.07) is 9.95. The van der Waals surface area contributed by atoms with Crippen LogP contribution in [0.5, 0.6) is 0 Å². The molecule has 1 aromatic rings. The van der Waals surface area contributed by atoms with Crippen LogP contribution in [-0.4, -0.2) is 19.3 Å². The fourth-order valence-electron chi connectivity index (χ4n) is 1.79. The summed E-state index contributed by atoms with van der Waals surface area (Å²) >= 11 is 0. The molecular formula is C12H17NO3. The van der Waals surface area contributed by atoms with E-state index < -0.39 is 0 Å². The van der Waals surface area contributed by atoms with Crippen molar-refractivity contribution >= 4 is 0 Å². The molecule has 2 N–H and O–H groups in total. The van der Waals surface area contributed by atoms with Crippen LogP contribution in [0, 0.1) is 0 Å². The molecule has 16 heavy (non-hydrogen) atoms. The highest BCUT2D eigenvalue weighted by Gasteiger charge is 2.23. The minimum atomic E-state index is -0.252. The van der Waals surface area contributed by atoms with Crippen LogP contribution in [0.4, 0.5) is 0 Å². The lowest BCUT2D eigenvalue weighted by Crippen LogP contribution is -2.28. The van der Waals surface area contributed by atoms with Crippen LogP contribution < -0.4 is 5.90 Å². The van der Waals surface area contributed by atoms with Crippen molar-refractivity contribution in [2.75, 3.05) is 13.2 Å². The van der Waals surface area contributed by atoms with Crippen LogP contribution in [0.3, 0.4) is 0 Å². The fraction of sp³-hybridized carbons (Fsp3) is 0.500. The summed E-state index contributed by atoms with van der Waals surface area (Å²) in [7, 11) is 0. The summed E-state index contributed by atoms with van der Waals surface area (Å²) in [4.78, 5) is 4.56. The molecule has 88 valence electrons. The second kappa shape index (κ2) is 5.96. The zero-order valence-corrected chi connectivity index (χ0v) is 9.17. The van der Waals surface area contributed by atoms with Gasteiger partial charge in [-0.3, -0.25) is 0 Å². The van der Waals surface area contributed by atoms with E-state index in [1.807, 2.05) is 30.3 Å². The van der Waals surface area contributed by atoms with Crippen molar-refractivity contribution < 1.29 is 14.3 Å². The third-order valence-electron chi connectivity index (χ3n) is 2.65. The van der Waals surface area contributed by atoms with Gasteiger partial charge in [-0.05, 0) is 12.8 Å². The van der Waals surface area contributed by atoms with Crippen LogP contribution in [0.2, 0.25) is 0 Å². The Morgan fingerprint density at radius 2 is 2.12 bits per heavy atom. The number of ether oxygens (including phenoxy) is 2. The number of hydrogen-bond donors (Lipinski definition) is 1. The van der Waals surface area contributed by atoms with Gasteiger partial charge in [0.25, 0.3) is 0 Å². The van der Waals surface area contributed by atoms with Crippen molar-refractivity contribution in [2.45, 2.75) is 25.2 Å². The molecule has 1 aliphatic rings. The number of hydrogen-bond acceptors (Lipinski definition) is 4. The first-order valence-electron chi connectivity index (χ1n) is 5.54. The Bertz CT molecular complexity index is 304. The third-order valence-corrected chi connectivity index (χ3v) is 2.65. The second-order valence-electron chi connectivity index (χ2n) is 3.82. The van der Waals surface area contributed by atoms with E-state index in [0.29, 0.717) is 6.61 Å². The highest BCUT2D eigenvalue weighted by Crippen LogP contribution is 2.27. The van der Waals surface area contributed by atoms with Crippen LogP contribution in [0.15, 0.2) is 30.3 Å². The van der Waals surface area contributed by atoms with E-state index in [2.05, 4.69) is 4.84 Å². The van der Waals surface area contributed by atoms with Crippen molar-refractivity contribution in [1.29, 1.82) is 0 Å². The maximum Gasteiger partial charge on any atom is 0.184 e. The first-order valence-corrected chi connectivity index (χ1v) is 5.54. The van der Waals surface area contributed by atoms with Crippen molar-refractivity contribution in [3.63, 3.8) is 0 Å². The third kappa shape index (κ3) is 3.02. The van der Waals surface area contributed by atoms with E-state index >= 15 is 0 Å². The average Bonchev–Trinajstić information content (AvgIpc) is 2.38. The maximum atomic E-state index is 5.82. The fourth-order valence-corrected chi connectivity index (χ4v) is 1.79. The summed E-state index contributed by atoms with van der Waals surface area (Å²) < 4.78 is 11.4. The molecular weight excluding hydrogens is 206 g/mol. The van der Waals surface area contributed by atoms with Gasteiger partial charge in [0, 0.05) is 5.56 Å². The molecule has 4 nitrogen and oxygen atoms in total. The molecule has 1 heterocycles. The summed E-state index contributed by atoms with van der Waals surface area (Å²) in [5.41, 5.74) is 1.06. The molecule has 0 aromatic heterocycles. The van der Waals surface area contributed by atoms with E-state index in [-0.39, 0.29) is 12.4 Å². The lowest BCUT2D eigenvalue weighted by molar-refractivity contribution is -0.220. The summed E-state index contributed by atoms with van der Waals surface area (Å²) in [6.07, 6.45) is 1.62. The van der Waals surface area contributed by atoms with Crippen LogP contribution in [-0.2, 0) is 14.3 Å². The molecule has 0 bridgehead atoms. The first-order chi connectivity index (χ1) is 7.90. The molecule has 0 amide bonds. The van der Waals surface area contributed by atoms with Gasteiger partial charge >= 0.3 is 0 Å². The van der Waals surface area contributed by atoms with Crippen molar-refractivity contribution in [3.05, 3.63) is 35.9 Å². The molecule has 4 heteroatoms. The Kier molecular flexibility index (Phi) is 4.30. The van der Waals surface area contributed by atoms with Crippen LogP contribution >= 0.6 is 0 Å². The lowest BCUT2D eigenvalue weighted by Gasteiger charge is -2.30. The molecule has 2 unspecified atom stereocenters. The molecule has 1 aromatic carbocycles. The Morgan fingerprint density at radius 1 is 1.31 bits per heavy atom. The molecule has 0 saturated carbocycles. The van der Waals surface area contributed by atoms with E-state index in [4.69, 9.17) is 15.4 Å². The molecule has 1 fully saturated rings. The monoisotopic (exact) mass is 223 g/mol. The maximum absolute atomic E-state index is 5.82. The normalized spacial score (nSPS) is 25.6. The molecule has 0 spiro atoms. The SMILES string of the molecule is NOCCC1CCOC(c2ccccc2)O1. The minimum Gasteiger partial charge on any atom is -0.348 e.